The average Bonchev–Trinajstić information content (AvgIpc) is 3.07. The molecule has 2 atom stereocenters. The molecule has 0 saturated carbocycles. The second kappa shape index (κ2) is 7.26. The molecule has 1 aliphatic carbocycles. The first-order chi connectivity index (χ1) is 12.3. The van der Waals surface area contributed by atoms with Gasteiger partial charge in [-0.05, 0) is 68.0 Å². The molecule has 2 aliphatic rings. The highest BCUT2D eigenvalue weighted by atomic mass is 16.7. The van der Waals surface area contributed by atoms with E-state index in [0.29, 0.717) is 5.56 Å². The van der Waals surface area contributed by atoms with Crippen molar-refractivity contribution in [2.45, 2.75) is 44.5 Å². The zero-order valence-corrected chi connectivity index (χ0v) is 14.1. The van der Waals surface area contributed by atoms with Crippen LogP contribution in [0.3, 0.4) is 0 Å². The molecule has 0 bridgehead atoms. The zero-order valence-electron chi connectivity index (χ0n) is 14.1. The second-order valence-corrected chi connectivity index (χ2v) is 6.52. The lowest BCUT2D eigenvalue weighted by Crippen LogP contribution is -2.23. The fraction of sp³-hybridized carbons (Fsp3) is 0.381. The molecule has 4 heteroatoms. The number of hydrogen-bond donors (Lipinski definition) is 0. The molecule has 0 radical (unpaired) electrons. The van der Waals surface area contributed by atoms with Crippen molar-refractivity contribution < 1.29 is 14.2 Å². The van der Waals surface area contributed by atoms with Crippen LogP contribution in [0.25, 0.3) is 0 Å². The zero-order chi connectivity index (χ0) is 17.1. The van der Waals surface area contributed by atoms with E-state index < -0.39 is 0 Å². The van der Waals surface area contributed by atoms with Gasteiger partial charge in [-0.2, -0.15) is 5.26 Å². The van der Waals surface area contributed by atoms with E-state index in [-0.39, 0.29) is 12.4 Å². The summed E-state index contributed by atoms with van der Waals surface area (Å²) in [6.07, 6.45) is 5.20. The Labute approximate surface area is 147 Å². The minimum atomic E-state index is -0.0761. The fourth-order valence-electron chi connectivity index (χ4n) is 3.55. The van der Waals surface area contributed by atoms with Gasteiger partial charge in [-0.3, -0.25) is 0 Å². The molecule has 2 aromatic rings. The third kappa shape index (κ3) is 3.53. The van der Waals surface area contributed by atoms with Crippen molar-refractivity contribution in [3.8, 4) is 17.6 Å². The van der Waals surface area contributed by atoms with Crippen molar-refractivity contribution in [1.29, 1.82) is 5.26 Å². The molecule has 1 fully saturated rings. The van der Waals surface area contributed by atoms with Gasteiger partial charge in [0, 0.05) is 12.2 Å². The van der Waals surface area contributed by atoms with Crippen LogP contribution in [0.5, 0.6) is 11.5 Å². The van der Waals surface area contributed by atoms with E-state index in [9.17, 15) is 0 Å². The maximum absolute atomic E-state index is 8.89. The quantitative estimate of drug-likeness (QED) is 0.799. The van der Waals surface area contributed by atoms with Gasteiger partial charge in [0.15, 0.2) is 6.29 Å². The minimum absolute atomic E-state index is 0.0761. The van der Waals surface area contributed by atoms with E-state index in [1.54, 1.807) is 12.1 Å². The molecule has 0 unspecified atom stereocenters. The van der Waals surface area contributed by atoms with E-state index in [0.717, 1.165) is 43.8 Å². The maximum Gasteiger partial charge on any atom is 0.158 e. The van der Waals surface area contributed by atoms with E-state index >= 15 is 0 Å². The third-order valence-electron chi connectivity index (χ3n) is 4.84. The molecule has 25 heavy (non-hydrogen) atoms. The Morgan fingerprint density at radius 1 is 1.04 bits per heavy atom. The Kier molecular flexibility index (Phi) is 4.69. The number of nitrogens with zero attached hydrogens (tertiary/aromatic N) is 1. The van der Waals surface area contributed by atoms with Crippen molar-refractivity contribution >= 4 is 0 Å². The summed E-state index contributed by atoms with van der Waals surface area (Å²) in [5.74, 6) is 1.62. The summed E-state index contributed by atoms with van der Waals surface area (Å²) in [7, 11) is 0. The van der Waals surface area contributed by atoms with Crippen LogP contribution in [0, 0.1) is 11.3 Å². The maximum atomic E-state index is 8.89. The number of fused-ring (bicyclic) bond motifs is 1. The Bertz CT molecular complexity index is 773. The van der Waals surface area contributed by atoms with E-state index in [2.05, 4.69) is 12.1 Å². The molecule has 4 rings (SSSR count). The SMILES string of the molecule is N#Cc1ccc(Oc2cccc3c2CC[C@@H]3O[C@H]2CCCCO2)cc1. The topological polar surface area (TPSA) is 51.5 Å². The number of rotatable bonds is 4. The highest BCUT2D eigenvalue weighted by Gasteiger charge is 2.29. The van der Waals surface area contributed by atoms with Crippen LogP contribution < -0.4 is 4.74 Å². The van der Waals surface area contributed by atoms with Crippen molar-refractivity contribution in [3.05, 3.63) is 59.2 Å². The molecule has 128 valence electrons. The smallest absolute Gasteiger partial charge is 0.158 e. The van der Waals surface area contributed by atoms with E-state index in [4.69, 9.17) is 19.5 Å². The summed E-state index contributed by atoms with van der Waals surface area (Å²) in [6, 6.07) is 15.5. The molecule has 0 aromatic heterocycles. The van der Waals surface area contributed by atoms with Crippen LogP contribution in [-0.4, -0.2) is 12.9 Å². The molecule has 0 spiro atoms. The molecule has 1 aliphatic heterocycles. The van der Waals surface area contributed by atoms with E-state index in [1.165, 1.54) is 17.5 Å². The predicted molar refractivity (Wildman–Crippen MR) is 93.4 cm³/mol. The molecular weight excluding hydrogens is 314 g/mol. The second-order valence-electron chi connectivity index (χ2n) is 6.52. The molecule has 1 heterocycles. The summed E-state index contributed by atoms with van der Waals surface area (Å²) >= 11 is 0. The van der Waals surface area contributed by atoms with Gasteiger partial charge in [0.05, 0.1) is 17.7 Å². The third-order valence-corrected chi connectivity index (χ3v) is 4.84. The first-order valence-corrected chi connectivity index (χ1v) is 8.90. The average molecular weight is 335 g/mol. The van der Waals surface area contributed by atoms with Gasteiger partial charge in [-0.25, -0.2) is 0 Å². The van der Waals surface area contributed by atoms with Crippen molar-refractivity contribution in [2.75, 3.05) is 6.61 Å². The minimum Gasteiger partial charge on any atom is -0.457 e. The van der Waals surface area contributed by atoms with Crippen LogP contribution in [0.2, 0.25) is 0 Å². The summed E-state index contributed by atoms with van der Waals surface area (Å²) < 4.78 is 18.0. The van der Waals surface area contributed by atoms with E-state index in [1.807, 2.05) is 24.3 Å². The van der Waals surface area contributed by atoms with Crippen LogP contribution in [0.1, 0.15) is 48.5 Å². The van der Waals surface area contributed by atoms with Crippen LogP contribution >= 0.6 is 0 Å². The Morgan fingerprint density at radius 2 is 1.92 bits per heavy atom. The lowest BCUT2D eigenvalue weighted by atomic mass is 10.1. The standard InChI is InChI=1S/C21H21NO3/c22-14-15-7-9-16(10-8-15)24-19-5-3-4-17-18(19)11-12-20(17)25-21-6-1-2-13-23-21/h3-5,7-10,20-21H,1-2,6,11-13H2/t20-,21-/m0/s1. The predicted octanol–water partition coefficient (Wildman–Crippen LogP) is 4.88. The Morgan fingerprint density at radius 3 is 2.68 bits per heavy atom. The largest absolute Gasteiger partial charge is 0.457 e. The van der Waals surface area contributed by atoms with Crippen molar-refractivity contribution in [3.63, 3.8) is 0 Å². The normalized spacial score (nSPS) is 22.2. The highest BCUT2D eigenvalue weighted by molar-refractivity contribution is 5.47. The first-order valence-electron chi connectivity index (χ1n) is 8.90. The number of nitriles is 1. The number of benzene rings is 2. The van der Waals surface area contributed by atoms with Crippen LogP contribution in [-0.2, 0) is 15.9 Å². The molecule has 4 nitrogen and oxygen atoms in total. The number of ether oxygens (including phenoxy) is 3. The Balaban J connectivity index is 1.50. The lowest BCUT2D eigenvalue weighted by molar-refractivity contribution is -0.189. The first kappa shape index (κ1) is 16.1. The van der Waals surface area contributed by atoms with Gasteiger partial charge in [0.25, 0.3) is 0 Å². The molecular formula is C21H21NO3. The summed E-state index contributed by atoms with van der Waals surface area (Å²) in [4.78, 5) is 0. The molecule has 0 amide bonds. The van der Waals surface area contributed by atoms with Gasteiger partial charge >= 0.3 is 0 Å². The van der Waals surface area contributed by atoms with Gasteiger partial charge in [0.2, 0.25) is 0 Å². The number of hydrogen-bond acceptors (Lipinski definition) is 4. The lowest BCUT2D eigenvalue weighted by Gasteiger charge is -2.26. The van der Waals surface area contributed by atoms with Gasteiger partial charge in [-0.15, -0.1) is 0 Å². The monoisotopic (exact) mass is 335 g/mol. The van der Waals surface area contributed by atoms with Gasteiger partial charge in [-0.1, -0.05) is 12.1 Å². The van der Waals surface area contributed by atoms with Gasteiger partial charge in [0.1, 0.15) is 11.5 Å². The Hall–Kier alpha value is -2.35. The van der Waals surface area contributed by atoms with Crippen molar-refractivity contribution in [2.24, 2.45) is 0 Å². The molecule has 2 aromatic carbocycles. The summed E-state index contributed by atoms with van der Waals surface area (Å²) in [5.41, 5.74) is 3.06. The van der Waals surface area contributed by atoms with Gasteiger partial charge < -0.3 is 14.2 Å². The highest BCUT2D eigenvalue weighted by Crippen LogP contribution is 2.41. The summed E-state index contributed by atoms with van der Waals surface area (Å²) in [5, 5.41) is 8.89. The fourth-order valence-corrected chi connectivity index (χ4v) is 3.55. The molecule has 1 saturated heterocycles. The van der Waals surface area contributed by atoms with Crippen LogP contribution in [0.15, 0.2) is 42.5 Å². The van der Waals surface area contributed by atoms with Crippen LogP contribution in [0.4, 0.5) is 0 Å². The summed E-state index contributed by atoms with van der Waals surface area (Å²) in [6.45, 7) is 0.798. The molecule has 0 N–H and O–H groups in total. The van der Waals surface area contributed by atoms with Crippen molar-refractivity contribution in [1.82, 2.24) is 0 Å².